The number of nitrogens with two attached hydrogens (primary N) is 2. The van der Waals surface area contributed by atoms with Crippen molar-refractivity contribution in [2.75, 3.05) is 51.1 Å². The van der Waals surface area contributed by atoms with E-state index in [1.54, 1.807) is 105 Å². The summed E-state index contributed by atoms with van der Waals surface area (Å²) in [6, 6.07) is 0. The van der Waals surface area contributed by atoms with Crippen LogP contribution in [0.3, 0.4) is 0 Å². The second-order valence-electron chi connectivity index (χ2n) is 33.7. The van der Waals surface area contributed by atoms with E-state index in [0.717, 1.165) is 207 Å². The highest BCUT2D eigenvalue weighted by Gasteiger charge is 2.37. The SMILES string of the molecule is CC(=O)C1CCc2sc3nc[nH]c(=O)c3c2C1.CC(=O)C1CCc2sc3ncnc(Cl)c3c2C1.CCOC(=O)C1CCCC(=O)C1.CCOC(=O)c1c(N)sc2c1CC(C(C)=O)CC2.CCOC(=O)c1c(N)sc2c1CCCC2C(C)=O.O=P(Cl)(Cl)Cl.OCC1CCc2sc3ncnc(Cl)c3c2C1.OC[C@@H]1CCc2sc3ncnc(Cl)c3c2C1.OC[C@H]1CCc2sc3ncnc(Cl)c3c2C1. The van der Waals surface area contributed by atoms with Crippen molar-refractivity contribution in [2.24, 2.45) is 41.4 Å². The van der Waals surface area contributed by atoms with Gasteiger partial charge in [0.1, 0.15) is 109 Å². The van der Waals surface area contributed by atoms with Crippen LogP contribution in [0.2, 0.25) is 20.6 Å². The maximum absolute atomic E-state index is 11.9. The molecule has 8 aliphatic rings. The Hall–Kier alpha value is -7.10. The van der Waals surface area contributed by atoms with Crippen LogP contribution in [0.25, 0.3) is 51.1 Å². The number of thiophene rings is 7. The predicted octanol–water partition coefficient (Wildman–Crippen LogP) is 20.9. The summed E-state index contributed by atoms with van der Waals surface area (Å²) < 4.78 is 24.4. The van der Waals surface area contributed by atoms with Gasteiger partial charge in [-0.15, -0.1) is 79.4 Å². The molecule has 20 rings (SSSR count). The summed E-state index contributed by atoms with van der Waals surface area (Å²) in [4.78, 5) is 157. The number of halogens is 7. The number of ether oxygens (including phenoxy) is 3. The number of H-pyrrole nitrogens is 1. The van der Waals surface area contributed by atoms with Crippen molar-refractivity contribution in [3.63, 3.8) is 0 Å². The Kier molecular flexibility index (Phi) is 39.0. The highest BCUT2D eigenvalue weighted by atomic mass is 36.0. The van der Waals surface area contributed by atoms with Crippen LogP contribution in [0.1, 0.15) is 225 Å². The Morgan fingerprint density at radius 2 is 0.733 bits per heavy atom. The van der Waals surface area contributed by atoms with Crippen molar-refractivity contribution in [3.05, 3.63) is 147 Å². The van der Waals surface area contributed by atoms with Gasteiger partial charge in [-0.1, -0.05) is 46.4 Å². The van der Waals surface area contributed by atoms with Crippen molar-refractivity contribution in [1.29, 1.82) is 0 Å². The standard InChI is InChI=1S/2C13H17NO3S.C12H11ClN2OS.C12H12N2O2S.3C11H11ClN2OS.C9H14O3.Cl3OP/c1-3-17-13(16)11-9-6-8(7(2)15)4-5-10(9)18-12(11)14;1-3-17-13(16)10-9-6-4-5-8(7(2)15)11(9)18-12(10)14;1-6(16)7-2-3-9-8(4-7)10-11(13)14-5-15-12(10)17-9;1-6(15)7-2-3-9-8(4-7)10-11(16)13-5-14-12(10)17-9;3*12-10-9-7-3-6(4-15)1-2-8(7)16-11(9)14-5-13-10;1-2-12-9(11)7-4-3-5-8(10)6-7;1-5(2,3)4/h2*8H,3-6,14H2,1-2H3;5,7H,2-4H2,1H3;5,7H,2-4H2,1H3,(H,13,14,16);3*5-6,15H,1-4H2;7H,2-6H2,1H3;/t;;;;2*6-;;;/m....10.../s1. The van der Waals surface area contributed by atoms with E-state index >= 15 is 0 Å². The average molecular weight is 2140 g/mol. The summed E-state index contributed by atoms with van der Waals surface area (Å²) in [5.74, 6) is 1.13. The van der Waals surface area contributed by atoms with Crippen molar-refractivity contribution in [3.8, 4) is 0 Å². The number of esters is 3. The van der Waals surface area contributed by atoms with Crippen molar-refractivity contribution >= 4 is 273 Å². The molecule has 43 heteroatoms. The van der Waals surface area contributed by atoms with E-state index in [-0.39, 0.29) is 102 Å². The number of aliphatic hydroxyl groups is 3. The number of anilines is 2. The summed E-state index contributed by atoms with van der Waals surface area (Å²) in [6.07, 6.45) is 29.1. The average Bonchev–Trinajstić information content (AvgIpc) is 1.63. The molecule has 0 radical (unpaired) electrons. The van der Waals surface area contributed by atoms with Gasteiger partial charge in [0.2, 0.25) is 0 Å². The molecule has 28 nitrogen and oxygen atoms in total. The number of fused-ring (bicyclic) bond motifs is 17. The number of nitrogens with zero attached hydrogens (tertiary/aromatic N) is 9. The first kappa shape index (κ1) is 107. The molecule has 1 saturated carbocycles. The van der Waals surface area contributed by atoms with Gasteiger partial charge in [-0.2, -0.15) is 0 Å². The number of aryl methyl sites for hydroxylation is 6. The number of hydrogen-bond acceptors (Lipinski definition) is 34. The van der Waals surface area contributed by atoms with E-state index in [0.29, 0.717) is 110 Å². The maximum Gasteiger partial charge on any atom is 0.341 e. The molecule has 8 atom stereocenters. The quantitative estimate of drug-likeness (QED) is 0.0270. The molecule has 135 heavy (non-hydrogen) atoms. The lowest BCUT2D eigenvalue weighted by Crippen LogP contribution is -2.24. The highest BCUT2D eigenvalue weighted by Crippen LogP contribution is 2.61. The third-order valence-corrected chi connectivity index (χ3v) is 34.4. The van der Waals surface area contributed by atoms with Crippen molar-refractivity contribution in [1.82, 2.24) is 49.8 Å². The summed E-state index contributed by atoms with van der Waals surface area (Å²) in [7, 11) is 0. The first-order chi connectivity index (χ1) is 64.5. The van der Waals surface area contributed by atoms with Gasteiger partial charge >= 0.3 is 23.1 Å². The largest absolute Gasteiger partial charge is 0.466 e. The minimum absolute atomic E-state index is 0.0136. The Morgan fingerprint density at radius 3 is 1.10 bits per heavy atom. The number of rotatable bonds is 13. The topological polar surface area (TPSA) is 443 Å². The van der Waals surface area contributed by atoms with Gasteiger partial charge in [-0.25, -0.2) is 54.4 Å². The Balaban J connectivity index is 0.000000138. The molecule has 0 aliphatic heterocycles. The smallest absolute Gasteiger partial charge is 0.341 e. The summed E-state index contributed by atoms with van der Waals surface area (Å²) in [5.41, 5.74) is 20.6. The van der Waals surface area contributed by atoms with E-state index in [4.69, 9.17) is 72.1 Å². The number of ketones is 5. The number of Topliss-reactive ketones (excluding diaryl/α,β-unsaturated/α-hetero) is 5. The summed E-state index contributed by atoms with van der Waals surface area (Å²) >= 11 is 49.5. The van der Waals surface area contributed by atoms with Gasteiger partial charge in [-0.05, 0) is 287 Å². The molecule has 12 aromatic heterocycles. The lowest BCUT2D eigenvalue weighted by Gasteiger charge is -2.20. The molecule has 0 amide bonds. The second kappa shape index (κ2) is 49.3. The molecule has 1 fully saturated rings. The van der Waals surface area contributed by atoms with Gasteiger partial charge < -0.3 is 46.0 Å². The molecule has 0 bridgehead atoms. The van der Waals surface area contributed by atoms with Crippen LogP contribution >= 0.6 is 165 Å². The first-order valence-electron chi connectivity index (χ1n) is 44.5. The van der Waals surface area contributed by atoms with Gasteiger partial charge in [0, 0.05) is 84.6 Å². The van der Waals surface area contributed by atoms with Crippen molar-refractivity contribution < 1.29 is 72.5 Å². The molecular formula is C92H104Cl7N12O16PS7. The van der Waals surface area contributed by atoms with Crippen LogP contribution in [0.15, 0.2) is 36.4 Å². The highest BCUT2D eigenvalue weighted by molar-refractivity contribution is 8.24. The van der Waals surface area contributed by atoms with E-state index in [1.165, 1.54) is 101 Å². The van der Waals surface area contributed by atoms with Crippen molar-refractivity contribution in [2.45, 2.75) is 215 Å². The number of carbonyl (C=O) groups is 8. The zero-order chi connectivity index (χ0) is 97.4. The van der Waals surface area contributed by atoms with Gasteiger partial charge in [0.05, 0.1) is 76.0 Å². The minimum atomic E-state index is -3.22. The van der Waals surface area contributed by atoms with Gasteiger partial charge in [0.15, 0.2) is 0 Å². The molecule has 12 aromatic rings. The molecule has 0 aromatic carbocycles. The molecule has 12 heterocycles. The fraction of sp³-hybridized carbons (Fsp3) is 0.500. The number of nitrogens with one attached hydrogen (secondary N) is 1. The van der Waals surface area contributed by atoms with E-state index < -0.39 is 5.20 Å². The number of aliphatic hydroxyl groups excluding tert-OH is 3. The molecule has 0 spiro atoms. The second-order valence-corrected chi connectivity index (χ2v) is 49.5. The molecule has 0 saturated heterocycles. The Labute approximate surface area is 841 Å². The number of aromatic nitrogens is 10. The fourth-order valence-corrected chi connectivity index (χ4v) is 27.6. The van der Waals surface area contributed by atoms with E-state index in [1.807, 2.05) is 0 Å². The van der Waals surface area contributed by atoms with Crippen LogP contribution < -0.4 is 17.0 Å². The monoisotopic (exact) mass is 2130 g/mol. The van der Waals surface area contributed by atoms with Crippen LogP contribution in [-0.2, 0) is 131 Å². The molecule has 724 valence electrons. The third kappa shape index (κ3) is 26.8. The molecule has 8 N–H and O–H groups in total. The first-order valence-corrected chi connectivity index (χ1v) is 56.2. The lowest BCUT2D eigenvalue weighted by molar-refractivity contribution is -0.151. The molecule has 8 aliphatic carbocycles. The van der Waals surface area contributed by atoms with Crippen LogP contribution in [-0.4, -0.2) is 152 Å². The normalized spacial score (nSPS) is 19.4. The van der Waals surface area contributed by atoms with E-state index in [2.05, 4.69) is 83.6 Å². The van der Waals surface area contributed by atoms with Crippen LogP contribution in [0.5, 0.6) is 0 Å². The Morgan fingerprint density at radius 1 is 0.400 bits per heavy atom. The van der Waals surface area contributed by atoms with Crippen LogP contribution in [0, 0.1) is 41.4 Å². The molecule has 6 unspecified atom stereocenters. The van der Waals surface area contributed by atoms with Gasteiger partial charge in [-0.3, -0.25) is 38.1 Å². The number of aromatic amines is 1. The summed E-state index contributed by atoms with van der Waals surface area (Å²) in [5, 5.41) is 32.3. The molecular weight excluding hydrogens is 2030 g/mol. The number of nitrogen functional groups attached to an aromatic ring is 2. The predicted molar refractivity (Wildman–Crippen MR) is 541 cm³/mol. The zero-order valence-electron chi connectivity index (χ0n) is 75.2. The van der Waals surface area contributed by atoms with Crippen LogP contribution in [0.4, 0.5) is 10.0 Å². The van der Waals surface area contributed by atoms with Gasteiger partial charge in [0.25, 0.3) is 5.56 Å². The zero-order valence-corrected chi connectivity index (χ0v) is 87.1. The fourth-order valence-electron chi connectivity index (χ4n) is 18.1. The minimum Gasteiger partial charge on any atom is -0.466 e. The number of carbonyl (C=O) groups excluding carboxylic acids is 8. The van der Waals surface area contributed by atoms with E-state index in [9.17, 15) is 63.0 Å². The number of hydrogen-bond donors (Lipinski definition) is 6. The Bertz CT molecular complexity index is 6230. The maximum atomic E-state index is 11.9. The lowest BCUT2D eigenvalue weighted by atomic mass is 9.84. The summed E-state index contributed by atoms with van der Waals surface area (Å²) in [6.45, 7) is 13.6. The third-order valence-electron chi connectivity index (χ3n) is 25.0.